The van der Waals surface area contributed by atoms with E-state index in [9.17, 15) is 18.0 Å². The molecule has 0 spiro atoms. The summed E-state index contributed by atoms with van der Waals surface area (Å²) in [5.74, 6) is -0.674. The van der Waals surface area contributed by atoms with Crippen molar-refractivity contribution in [2.45, 2.75) is 25.1 Å². The molecule has 0 saturated heterocycles. The van der Waals surface area contributed by atoms with Crippen molar-refractivity contribution in [2.24, 2.45) is 0 Å². The van der Waals surface area contributed by atoms with Crippen molar-refractivity contribution < 1.29 is 22.7 Å². The fourth-order valence-corrected chi connectivity index (χ4v) is 1.56. The molecule has 0 aromatic heterocycles. The zero-order valence-corrected chi connectivity index (χ0v) is 10.9. The van der Waals surface area contributed by atoms with Gasteiger partial charge in [0.1, 0.15) is 6.04 Å². The van der Waals surface area contributed by atoms with Gasteiger partial charge in [0.2, 0.25) is 0 Å². The minimum atomic E-state index is -4.45. The number of nitrogens with one attached hydrogen (secondary N) is 1. The molecule has 0 fully saturated rings. The van der Waals surface area contributed by atoms with E-state index < -0.39 is 24.6 Å². The predicted molar refractivity (Wildman–Crippen MR) is 66.2 cm³/mol. The summed E-state index contributed by atoms with van der Waals surface area (Å²) < 4.78 is 42.7. The van der Waals surface area contributed by atoms with Crippen LogP contribution in [0.2, 0.25) is 5.02 Å². The largest absolute Gasteiger partial charge is 0.469 e. The molecule has 0 amide bonds. The molecule has 1 atom stereocenters. The molecular formula is C12H13ClF3NO2. The van der Waals surface area contributed by atoms with Gasteiger partial charge in [-0.3, -0.25) is 4.79 Å². The number of hydrogen-bond acceptors (Lipinski definition) is 3. The lowest BCUT2D eigenvalue weighted by molar-refractivity contribution is -0.149. The SMILES string of the molecule is COC(=O)CCC(Nc1ccc(Cl)cc1)C(F)(F)F. The van der Waals surface area contributed by atoms with Gasteiger partial charge < -0.3 is 10.1 Å². The topological polar surface area (TPSA) is 38.3 Å². The number of halogens is 4. The molecule has 0 aliphatic heterocycles. The number of hydrogen-bond donors (Lipinski definition) is 1. The van der Waals surface area contributed by atoms with Crippen molar-refractivity contribution in [3.63, 3.8) is 0 Å². The molecular weight excluding hydrogens is 283 g/mol. The monoisotopic (exact) mass is 295 g/mol. The molecule has 1 aromatic carbocycles. The number of esters is 1. The Balaban J connectivity index is 2.69. The molecule has 1 aromatic rings. The molecule has 1 unspecified atom stereocenters. The molecule has 3 nitrogen and oxygen atoms in total. The van der Waals surface area contributed by atoms with E-state index in [1.54, 1.807) is 0 Å². The van der Waals surface area contributed by atoms with E-state index in [0.717, 1.165) is 7.11 Å². The van der Waals surface area contributed by atoms with Crippen molar-refractivity contribution in [3.8, 4) is 0 Å². The Bertz CT molecular complexity index is 420. The van der Waals surface area contributed by atoms with Crippen molar-refractivity contribution in [1.29, 1.82) is 0 Å². The highest BCUT2D eigenvalue weighted by atomic mass is 35.5. The Morgan fingerprint density at radius 3 is 2.42 bits per heavy atom. The molecule has 106 valence electrons. The fraction of sp³-hybridized carbons (Fsp3) is 0.417. The molecule has 0 bridgehead atoms. The lowest BCUT2D eigenvalue weighted by Gasteiger charge is -2.22. The van der Waals surface area contributed by atoms with E-state index in [4.69, 9.17) is 11.6 Å². The van der Waals surface area contributed by atoms with E-state index in [0.29, 0.717) is 5.02 Å². The summed E-state index contributed by atoms with van der Waals surface area (Å²) in [5.41, 5.74) is 0.289. The van der Waals surface area contributed by atoms with Crippen LogP contribution in [-0.4, -0.2) is 25.3 Å². The van der Waals surface area contributed by atoms with Gasteiger partial charge in [-0.2, -0.15) is 13.2 Å². The zero-order valence-electron chi connectivity index (χ0n) is 10.1. The van der Waals surface area contributed by atoms with E-state index in [1.807, 2.05) is 0 Å². The van der Waals surface area contributed by atoms with E-state index in [2.05, 4.69) is 10.1 Å². The number of carbonyl (C=O) groups excluding carboxylic acids is 1. The molecule has 0 aliphatic rings. The van der Waals surface area contributed by atoms with Gasteiger partial charge in [-0.15, -0.1) is 0 Å². The van der Waals surface area contributed by atoms with E-state index >= 15 is 0 Å². The number of alkyl halides is 3. The maximum Gasteiger partial charge on any atom is 0.408 e. The average molecular weight is 296 g/mol. The highest BCUT2D eigenvalue weighted by Gasteiger charge is 2.39. The first-order valence-electron chi connectivity index (χ1n) is 5.48. The summed E-state index contributed by atoms with van der Waals surface area (Å²) in [7, 11) is 1.14. The third-order valence-corrected chi connectivity index (χ3v) is 2.70. The van der Waals surface area contributed by atoms with Crippen LogP contribution in [0, 0.1) is 0 Å². The van der Waals surface area contributed by atoms with Gasteiger partial charge in [0.05, 0.1) is 7.11 Å². The van der Waals surface area contributed by atoms with Crippen LogP contribution in [0.4, 0.5) is 18.9 Å². The summed E-state index contributed by atoms with van der Waals surface area (Å²) in [6, 6.07) is 4.04. The minimum Gasteiger partial charge on any atom is -0.469 e. The van der Waals surface area contributed by atoms with Gasteiger partial charge in [0, 0.05) is 17.1 Å². The van der Waals surface area contributed by atoms with Crippen molar-refractivity contribution in [1.82, 2.24) is 0 Å². The second-order valence-corrected chi connectivity index (χ2v) is 4.30. The highest BCUT2D eigenvalue weighted by molar-refractivity contribution is 6.30. The highest BCUT2D eigenvalue weighted by Crippen LogP contribution is 2.27. The zero-order chi connectivity index (χ0) is 14.5. The quantitative estimate of drug-likeness (QED) is 0.843. The number of carbonyl (C=O) groups is 1. The number of anilines is 1. The van der Waals surface area contributed by atoms with Crippen molar-refractivity contribution >= 4 is 23.3 Å². The molecule has 0 aliphatic carbocycles. The van der Waals surface area contributed by atoms with Crippen LogP contribution in [0.25, 0.3) is 0 Å². The smallest absolute Gasteiger partial charge is 0.408 e. The molecule has 1 rings (SSSR count). The molecule has 1 N–H and O–H groups in total. The van der Waals surface area contributed by atoms with Crippen molar-refractivity contribution in [2.75, 3.05) is 12.4 Å². The summed E-state index contributed by atoms with van der Waals surface area (Å²) in [6.45, 7) is 0. The van der Waals surface area contributed by atoms with Crippen LogP contribution < -0.4 is 5.32 Å². The van der Waals surface area contributed by atoms with Gasteiger partial charge >= 0.3 is 12.1 Å². The standard InChI is InChI=1S/C12H13ClF3NO2/c1-19-11(18)7-6-10(12(14,15)16)17-9-4-2-8(13)3-5-9/h2-5,10,17H,6-7H2,1H3. The van der Waals surface area contributed by atoms with Gasteiger partial charge in [-0.05, 0) is 30.7 Å². The van der Waals surface area contributed by atoms with Crippen LogP contribution in [0.15, 0.2) is 24.3 Å². The van der Waals surface area contributed by atoms with E-state index in [-0.39, 0.29) is 12.1 Å². The first kappa shape index (κ1) is 15.6. The van der Waals surface area contributed by atoms with Crippen LogP contribution in [0.5, 0.6) is 0 Å². The number of benzene rings is 1. The van der Waals surface area contributed by atoms with Gasteiger partial charge in [-0.25, -0.2) is 0 Å². The third-order valence-electron chi connectivity index (χ3n) is 2.45. The second-order valence-electron chi connectivity index (χ2n) is 3.86. The summed E-state index contributed by atoms with van der Waals surface area (Å²) in [4.78, 5) is 10.9. The Morgan fingerprint density at radius 2 is 1.95 bits per heavy atom. The average Bonchev–Trinajstić information content (AvgIpc) is 2.34. The van der Waals surface area contributed by atoms with Crippen LogP contribution in [0.3, 0.4) is 0 Å². The van der Waals surface area contributed by atoms with Gasteiger partial charge in [0.25, 0.3) is 0 Å². The lowest BCUT2D eigenvalue weighted by Crippen LogP contribution is -2.36. The predicted octanol–water partition coefficient (Wildman–Crippen LogP) is 3.64. The normalized spacial score (nSPS) is 12.9. The third kappa shape index (κ3) is 5.38. The molecule has 19 heavy (non-hydrogen) atoms. The Hall–Kier alpha value is -1.43. The van der Waals surface area contributed by atoms with Crippen LogP contribution in [0.1, 0.15) is 12.8 Å². The summed E-state index contributed by atoms with van der Waals surface area (Å²) >= 11 is 5.65. The first-order valence-corrected chi connectivity index (χ1v) is 5.86. The maximum atomic E-state index is 12.8. The lowest BCUT2D eigenvalue weighted by atomic mass is 10.1. The molecule has 7 heteroatoms. The number of ether oxygens (including phenoxy) is 1. The Kier molecular flexibility index (Phi) is 5.47. The molecule has 0 saturated carbocycles. The maximum absolute atomic E-state index is 12.8. The van der Waals surface area contributed by atoms with Gasteiger partial charge in [-0.1, -0.05) is 11.6 Å². The van der Waals surface area contributed by atoms with Crippen LogP contribution in [-0.2, 0) is 9.53 Å². The molecule has 0 radical (unpaired) electrons. The van der Waals surface area contributed by atoms with Crippen molar-refractivity contribution in [3.05, 3.63) is 29.3 Å². The Labute approximate surface area is 113 Å². The fourth-order valence-electron chi connectivity index (χ4n) is 1.43. The summed E-state index contributed by atoms with van der Waals surface area (Å²) in [5, 5.41) is 2.77. The Morgan fingerprint density at radius 1 is 1.37 bits per heavy atom. The van der Waals surface area contributed by atoms with Gasteiger partial charge in [0.15, 0.2) is 0 Å². The second kappa shape index (κ2) is 6.65. The molecule has 0 heterocycles. The minimum absolute atomic E-state index is 0.289. The van der Waals surface area contributed by atoms with Crippen LogP contribution >= 0.6 is 11.6 Å². The summed E-state index contributed by atoms with van der Waals surface area (Å²) in [6.07, 6.45) is -5.15. The van der Waals surface area contributed by atoms with E-state index in [1.165, 1.54) is 24.3 Å². The number of methoxy groups -OCH3 is 1. The number of rotatable bonds is 5. The first-order chi connectivity index (χ1) is 8.82.